The molecule has 5 nitrogen and oxygen atoms in total. The van der Waals surface area contributed by atoms with Gasteiger partial charge in [-0.25, -0.2) is 9.78 Å². The number of nitrogens with zero attached hydrogens (tertiary/aromatic N) is 2. The number of fused-ring (bicyclic) bond motifs is 3. The van der Waals surface area contributed by atoms with E-state index in [4.69, 9.17) is 4.74 Å². The van der Waals surface area contributed by atoms with Gasteiger partial charge in [0.05, 0.1) is 29.9 Å². The number of rotatable bonds is 4. The van der Waals surface area contributed by atoms with Crippen LogP contribution in [0.25, 0.3) is 10.2 Å². The second-order valence-corrected chi connectivity index (χ2v) is 10.9. The van der Waals surface area contributed by atoms with E-state index in [9.17, 15) is 9.59 Å². The molecule has 0 aliphatic heterocycles. The quantitative estimate of drug-likeness (QED) is 0.524. The summed E-state index contributed by atoms with van der Waals surface area (Å²) in [6, 6.07) is 7.26. The predicted molar refractivity (Wildman–Crippen MR) is 125 cm³/mol. The summed E-state index contributed by atoms with van der Waals surface area (Å²) in [7, 11) is 0. The Labute approximate surface area is 187 Å². The first kappa shape index (κ1) is 21.8. The Morgan fingerprint density at radius 1 is 1.32 bits per heavy atom. The van der Waals surface area contributed by atoms with Gasteiger partial charge in [-0.1, -0.05) is 32.9 Å². The van der Waals surface area contributed by atoms with Gasteiger partial charge in [-0.15, -0.1) is 11.3 Å². The highest BCUT2D eigenvalue weighted by atomic mass is 32.1. The second-order valence-electron chi connectivity index (χ2n) is 9.82. The first-order chi connectivity index (χ1) is 14.6. The topological polar surface area (TPSA) is 61.2 Å². The van der Waals surface area contributed by atoms with Crippen molar-refractivity contribution in [3.63, 3.8) is 0 Å². The van der Waals surface area contributed by atoms with E-state index in [-0.39, 0.29) is 23.0 Å². The summed E-state index contributed by atoms with van der Waals surface area (Å²) >= 11 is 1.68. The van der Waals surface area contributed by atoms with Crippen LogP contribution < -0.4 is 5.56 Å². The monoisotopic (exact) mass is 438 g/mol. The molecule has 1 aliphatic rings. The van der Waals surface area contributed by atoms with Crippen LogP contribution in [0.5, 0.6) is 0 Å². The van der Waals surface area contributed by atoms with E-state index in [0.29, 0.717) is 18.0 Å². The smallest absolute Gasteiger partial charge is 0.338 e. The molecule has 0 N–H and O–H groups in total. The van der Waals surface area contributed by atoms with E-state index in [1.807, 2.05) is 26.0 Å². The van der Waals surface area contributed by atoms with Crippen molar-refractivity contribution in [3.05, 3.63) is 62.5 Å². The number of carbonyl (C=O) groups is 1. The molecular formula is C25H30N2O3S. The predicted octanol–water partition coefficient (Wildman–Crippen LogP) is 5.22. The van der Waals surface area contributed by atoms with Crippen molar-refractivity contribution in [2.75, 3.05) is 0 Å². The van der Waals surface area contributed by atoms with Crippen LogP contribution in [-0.2, 0) is 24.1 Å². The third kappa shape index (κ3) is 4.45. The largest absolute Gasteiger partial charge is 0.459 e. The van der Waals surface area contributed by atoms with Crippen LogP contribution in [0.4, 0.5) is 0 Å². The number of esters is 1. The Morgan fingerprint density at radius 2 is 2.10 bits per heavy atom. The number of thiophene rings is 1. The highest BCUT2D eigenvalue weighted by molar-refractivity contribution is 7.18. The van der Waals surface area contributed by atoms with E-state index in [0.717, 1.165) is 35.0 Å². The van der Waals surface area contributed by atoms with Crippen molar-refractivity contribution in [1.29, 1.82) is 0 Å². The number of hydrogen-bond acceptors (Lipinski definition) is 5. The molecular weight excluding hydrogens is 408 g/mol. The van der Waals surface area contributed by atoms with Crippen LogP contribution in [0.15, 0.2) is 35.4 Å². The van der Waals surface area contributed by atoms with Gasteiger partial charge in [0.2, 0.25) is 0 Å². The minimum Gasteiger partial charge on any atom is -0.459 e. The number of carbonyl (C=O) groups excluding carboxylic acids is 1. The summed E-state index contributed by atoms with van der Waals surface area (Å²) in [6.07, 6.45) is 4.53. The van der Waals surface area contributed by atoms with Crippen molar-refractivity contribution in [1.82, 2.24) is 9.55 Å². The van der Waals surface area contributed by atoms with Crippen molar-refractivity contribution >= 4 is 27.5 Å². The molecule has 0 saturated heterocycles. The lowest BCUT2D eigenvalue weighted by atomic mass is 9.72. The Bertz CT molecular complexity index is 1180. The molecule has 0 amide bonds. The van der Waals surface area contributed by atoms with E-state index in [2.05, 4.69) is 25.8 Å². The van der Waals surface area contributed by atoms with Crippen molar-refractivity contribution in [3.8, 4) is 0 Å². The van der Waals surface area contributed by atoms with Crippen LogP contribution in [0.2, 0.25) is 0 Å². The van der Waals surface area contributed by atoms with Gasteiger partial charge in [0.1, 0.15) is 4.83 Å². The van der Waals surface area contributed by atoms with Gasteiger partial charge in [-0.3, -0.25) is 9.36 Å². The van der Waals surface area contributed by atoms with Crippen LogP contribution in [-0.4, -0.2) is 21.6 Å². The molecule has 164 valence electrons. The zero-order valence-corrected chi connectivity index (χ0v) is 19.7. The lowest BCUT2D eigenvalue weighted by Gasteiger charge is -2.33. The summed E-state index contributed by atoms with van der Waals surface area (Å²) in [5.74, 6) is 0.279. The van der Waals surface area contributed by atoms with E-state index < -0.39 is 0 Å². The number of aromatic nitrogens is 2. The van der Waals surface area contributed by atoms with Crippen molar-refractivity contribution in [2.45, 2.75) is 66.5 Å². The molecule has 0 spiro atoms. The highest BCUT2D eigenvalue weighted by Crippen LogP contribution is 2.41. The van der Waals surface area contributed by atoms with Gasteiger partial charge >= 0.3 is 5.97 Å². The molecule has 1 atom stereocenters. The van der Waals surface area contributed by atoms with Crippen LogP contribution >= 0.6 is 11.3 Å². The molecule has 0 bridgehead atoms. The lowest BCUT2D eigenvalue weighted by molar-refractivity contribution is 0.0377. The summed E-state index contributed by atoms with van der Waals surface area (Å²) < 4.78 is 6.94. The molecule has 4 rings (SSSR count). The SMILES string of the molecule is CC(C)OC(=O)c1cccc(Cn2cnc3sc4c(c3c2=O)CCC(C(C)(C)C)C4)c1. The molecule has 2 aromatic heterocycles. The Balaban J connectivity index is 1.64. The summed E-state index contributed by atoms with van der Waals surface area (Å²) in [5, 5.41) is 0.783. The third-order valence-electron chi connectivity index (χ3n) is 6.12. The fourth-order valence-electron chi connectivity index (χ4n) is 4.33. The number of hydrogen-bond donors (Lipinski definition) is 0. The molecule has 0 saturated carbocycles. The minimum atomic E-state index is -0.349. The number of benzene rings is 1. The first-order valence-corrected chi connectivity index (χ1v) is 11.7. The molecule has 1 unspecified atom stereocenters. The molecule has 1 aromatic carbocycles. The van der Waals surface area contributed by atoms with E-state index >= 15 is 0 Å². The van der Waals surface area contributed by atoms with Crippen LogP contribution in [0, 0.1) is 11.3 Å². The van der Waals surface area contributed by atoms with Crippen LogP contribution in [0.1, 0.15) is 67.4 Å². The molecule has 1 aliphatic carbocycles. The minimum absolute atomic E-state index is 0.00636. The van der Waals surface area contributed by atoms with Gasteiger partial charge in [0, 0.05) is 4.88 Å². The first-order valence-electron chi connectivity index (χ1n) is 10.9. The molecule has 0 fully saturated rings. The Hall–Kier alpha value is -2.47. The Kier molecular flexibility index (Phi) is 5.77. The maximum absolute atomic E-state index is 13.3. The highest BCUT2D eigenvalue weighted by Gasteiger charge is 2.31. The van der Waals surface area contributed by atoms with E-state index in [1.54, 1.807) is 34.4 Å². The second kappa shape index (κ2) is 8.23. The molecule has 6 heteroatoms. The zero-order valence-electron chi connectivity index (χ0n) is 18.9. The third-order valence-corrected chi connectivity index (χ3v) is 7.28. The van der Waals surface area contributed by atoms with Crippen molar-refractivity contribution in [2.24, 2.45) is 11.3 Å². The normalized spacial score (nSPS) is 16.5. The average molecular weight is 439 g/mol. The number of ether oxygens (including phenoxy) is 1. The summed E-state index contributed by atoms with van der Waals surface area (Å²) in [4.78, 5) is 32.4. The van der Waals surface area contributed by atoms with Crippen molar-refractivity contribution < 1.29 is 9.53 Å². The summed E-state index contributed by atoms with van der Waals surface area (Å²) in [6.45, 7) is 10.9. The molecule has 2 heterocycles. The van der Waals surface area contributed by atoms with Gasteiger partial charge in [-0.2, -0.15) is 0 Å². The maximum Gasteiger partial charge on any atom is 0.338 e. The average Bonchev–Trinajstić information content (AvgIpc) is 3.07. The Morgan fingerprint density at radius 3 is 2.81 bits per heavy atom. The molecule has 31 heavy (non-hydrogen) atoms. The van der Waals surface area contributed by atoms with Gasteiger partial charge in [0.15, 0.2) is 0 Å². The fraction of sp³-hybridized carbons (Fsp3) is 0.480. The van der Waals surface area contributed by atoms with Gasteiger partial charge < -0.3 is 4.74 Å². The standard InChI is InChI=1S/C25H30N2O3S/c1-15(2)30-24(29)17-8-6-7-16(11-17)13-27-14-26-22-21(23(27)28)19-10-9-18(25(3,4)5)12-20(19)31-22/h6-8,11,14-15,18H,9-10,12-13H2,1-5H3. The summed E-state index contributed by atoms with van der Waals surface area (Å²) in [5.41, 5.74) is 2.84. The van der Waals surface area contributed by atoms with Gasteiger partial charge in [0.25, 0.3) is 5.56 Å². The zero-order chi connectivity index (χ0) is 22.3. The lowest BCUT2D eigenvalue weighted by Crippen LogP contribution is -2.27. The van der Waals surface area contributed by atoms with E-state index in [1.165, 1.54) is 10.4 Å². The number of aryl methyl sites for hydroxylation is 1. The molecule has 3 aromatic rings. The van der Waals surface area contributed by atoms with Gasteiger partial charge in [-0.05, 0) is 67.7 Å². The van der Waals surface area contributed by atoms with Crippen LogP contribution in [0.3, 0.4) is 0 Å². The maximum atomic E-state index is 13.3. The molecule has 0 radical (unpaired) electrons. The fourth-order valence-corrected chi connectivity index (χ4v) is 5.59.